The topological polar surface area (TPSA) is 68.0 Å². The minimum Gasteiger partial charge on any atom is -0.346 e. The molecule has 2 rings (SSSR count). The fraction of sp³-hybridized carbons (Fsp3) is 0.200. The molecule has 0 aliphatic heterocycles. The van der Waals surface area contributed by atoms with Gasteiger partial charge in [-0.25, -0.2) is 4.98 Å². The van der Waals surface area contributed by atoms with Crippen molar-refractivity contribution in [2.24, 2.45) is 5.73 Å². The van der Waals surface area contributed by atoms with E-state index in [1.807, 2.05) is 19.1 Å². The van der Waals surface area contributed by atoms with Gasteiger partial charge in [-0.05, 0) is 25.1 Å². The van der Waals surface area contributed by atoms with E-state index in [1.54, 1.807) is 29.7 Å². The van der Waals surface area contributed by atoms with Gasteiger partial charge in [0, 0.05) is 22.2 Å². The number of nitrogens with one attached hydrogen (secondary N) is 1. The Labute approximate surface area is 122 Å². The number of nitrogens with zero attached hydrogens (tertiary/aromatic N) is 1. The molecular formula is C15H15N3OS. The van der Waals surface area contributed by atoms with Crippen molar-refractivity contribution >= 4 is 17.2 Å². The molecule has 1 heterocycles. The van der Waals surface area contributed by atoms with E-state index in [4.69, 9.17) is 5.73 Å². The van der Waals surface area contributed by atoms with Gasteiger partial charge in [-0.2, -0.15) is 0 Å². The molecule has 0 radical (unpaired) electrons. The lowest BCUT2D eigenvalue weighted by Gasteiger charge is -2.03. The number of rotatable bonds is 3. The van der Waals surface area contributed by atoms with Crippen LogP contribution in [0.1, 0.15) is 25.8 Å². The van der Waals surface area contributed by atoms with Crippen LogP contribution in [0.2, 0.25) is 0 Å². The predicted octanol–water partition coefficient (Wildman–Crippen LogP) is 1.69. The summed E-state index contributed by atoms with van der Waals surface area (Å²) in [7, 11) is 0. The summed E-state index contributed by atoms with van der Waals surface area (Å²) in [5, 5.41) is 3.75. The molecule has 5 heteroatoms. The molecule has 0 aliphatic carbocycles. The average Bonchev–Trinajstić information content (AvgIpc) is 2.88. The molecule has 0 saturated heterocycles. The van der Waals surface area contributed by atoms with Gasteiger partial charge in [0.05, 0.1) is 13.1 Å². The average molecular weight is 285 g/mol. The predicted molar refractivity (Wildman–Crippen MR) is 80.4 cm³/mol. The maximum atomic E-state index is 12.0. The van der Waals surface area contributed by atoms with Gasteiger partial charge in [-0.1, -0.05) is 17.9 Å². The first-order valence-corrected chi connectivity index (χ1v) is 6.99. The first kappa shape index (κ1) is 14.3. The number of aromatic nitrogens is 1. The Kier molecular flexibility index (Phi) is 4.88. The molecule has 0 atom stereocenters. The fourth-order valence-electron chi connectivity index (χ4n) is 1.63. The second kappa shape index (κ2) is 6.85. The number of carbonyl (C=O) groups is 1. The zero-order valence-corrected chi connectivity index (χ0v) is 12.0. The minimum atomic E-state index is -0.130. The monoisotopic (exact) mass is 285 g/mol. The maximum Gasteiger partial charge on any atom is 0.251 e. The van der Waals surface area contributed by atoms with Crippen molar-refractivity contribution in [3.63, 3.8) is 0 Å². The van der Waals surface area contributed by atoms with Crippen LogP contribution in [0.3, 0.4) is 0 Å². The second-order valence-corrected chi connectivity index (χ2v) is 5.45. The van der Waals surface area contributed by atoms with E-state index >= 15 is 0 Å². The standard InChI is InChI=1S/C15H15N3OS/c1-11-9-17-14(20-11)10-18-15(19)13-6-2-4-12(8-13)5-3-7-16/h2,4,6,8-9H,7,10,16H2,1H3,(H,18,19). The third-order valence-corrected chi connectivity index (χ3v) is 3.44. The summed E-state index contributed by atoms with van der Waals surface area (Å²) in [4.78, 5) is 17.4. The van der Waals surface area contributed by atoms with Crippen molar-refractivity contribution in [2.45, 2.75) is 13.5 Å². The lowest BCUT2D eigenvalue weighted by atomic mass is 10.1. The van der Waals surface area contributed by atoms with E-state index in [2.05, 4.69) is 22.1 Å². The van der Waals surface area contributed by atoms with Gasteiger partial charge >= 0.3 is 0 Å². The summed E-state index contributed by atoms with van der Waals surface area (Å²) in [5.74, 6) is 5.55. The molecule has 1 amide bonds. The van der Waals surface area contributed by atoms with Crippen LogP contribution in [0.4, 0.5) is 0 Å². The Morgan fingerprint density at radius 2 is 2.35 bits per heavy atom. The minimum absolute atomic E-state index is 0.130. The molecule has 0 aliphatic rings. The van der Waals surface area contributed by atoms with Crippen molar-refractivity contribution in [2.75, 3.05) is 6.54 Å². The van der Waals surface area contributed by atoms with Crippen molar-refractivity contribution < 1.29 is 4.79 Å². The molecule has 20 heavy (non-hydrogen) atoms. The van der Waals surface area contributed by atoms with E-state index in [-0.39, 0.29) is 5.91 Å². The number of hydrogen-bond donors (Lipinski definition) is 2. The molecule has 1 aromatic heterocycles. The Balaban J connectivity index is 2.01. The largest absolute Gasteiger partial charge is 0.346 e. The van der Waals surface area contributed by atoms with E-state index in [9.17, 15) is 4.79 Å². The number of carbonyl (C=O) groups excluding carboxylic acids is 1. The van der Waals surface area contributed by atoms with Crippen LogP contribution in [0.15, 0.2) is 30.5 Å². The Morgan fingerprint density at radius 1 is 1.50 bits per heavy atom. The highest BCUT2D eigenvalue weighted by molar-refractivity contribution is 7.11. The summed E-state index contributed by atoms with van der Waals surface area (Å²) in [5.41, 5.74) is 6.70. The number of aryl methyl sites for hydroxylation is 1. The lowest BCUT2D eigenvalue weighted by Crippen LogP contribution is -2.22. The fourth-order valence-corrected chi connectivity index (χ4v) is 2.36. The summed E-state index contributed by atoms with van der Waals surface area (Å²) in [6.07, 6.45) is 1.80. The number of hydrogen-bond acceptors (Lipinski definition) is 4. The van der Waals surface area contributed by atoms with Crippen molar-refractivity contribution in [3.05, 3.63) is 51.5 Å². The molecule has 0 bridgehead atoms. The van der Waals surface area contributed by atoms with Crippen LogP contribution in [0, 0.1) is 18.8 Å². The van der Waals surface area contributed by atoms with Crippen LogP contribution in [-0.4, -0.2) is 17.4 Å². The Morgan fingerprint density at radius 3 is 3.05 bits per heavy atom. The van der Waals surface area contributed by atoms with Crippen LogP contribution in [0.25, 0.3) is 0 Å². The highest BCUT2D eigenvalue weighted by Crippen LogP contribution is 2.11. The summed E-state index contributed by atoms with van der Waals surface area (Å²) < 4.78 is 0. The molecule has 0 saturated carbocycles. The lowest BCUT2D eigenvalue weighted by molar-refractivity contribution is 0.0951. The quantitative estimate of drug-likeness (QED) is 0.843. The van der Waals surface area contributed by atoms with E-state index < -0.39 is 0 Å². The van der Waals surface area contributed by atoms with Gasteiger partial charge in [-0.15, -0.1) is 11.3 Å². The number of amides is 1. The molecular weight excluding hydrogens is 270 g/mol. The third kappa shape index (κ3) is 3.92. The van der Waals surface area contributed by atoms with Gasteiger partial charge in [0.15, 0.2) is 0 Å². The number of benzene rings is 1. The summed E-state index contributed by atoms with van der Waals surface area (Å²) in [6, 6.07) is 7.17. The SMILES string of the molecule is Cc1cnc(CNC(=O)c2cccc(C#CCN)c2)s1. The van der Waals surface area contributed by atoms with Gasteiger partial charge in [0.2, 0.25) is 0 Å². The van der Waals surface area contributed by atoms with Gasteiger partial charge < -0.3 is 11.1 Å². The molecule has 0 unspecified atom stereocenters. The molecule has 102 valence electrons. The zero-order chi connectivity index (χ0) is 14.4. The Hall–Kier alpha value is -2.16. The molecule has 4 nitrogen and oxygen atoms in total. The maximum absolute atomic E-state index is 12.0. The normalized spacial score (nSPS) is 9.70. The van der Waals surface area contributed by atoms with E-state index in [0.717, 1.165) is 15.4 Å². The summed E-state index contributed by atoms with van der Waals surface area (Å²) >= 11 is 1.58. The molecule has 0 spiro atoms. The third-order valence-electron chi connectivity index (χ3n) is 2.53. The zero-order valence-electron chi connectivity index (χ0n) is 11.1. The highest BCUT2D eigenvalue weighted by Gasteiger charge is 2.06. The first-order chi connectivity index (χ1) is 9.69. The van der Waals surface area contributed by atoms with Gasteiger partial charge in [-0.3, -0.25) is 4.79 Å². The highest BCUT2D eigenvalue weighted by atomic mass is 32.1. The number of thiazole rings is 1. The van der Waals surface area contributed by atoms with Crippen molar-refractivity contribution in [1.82, 2.24) is 10.3 Å². The van der Waals surface area contributed by atoms with Crippen LogP contribution >= 0.6 is 11.3 Å². The smallest absolute Gasteiger partial charge is 0.251 e. The van der Waals surface area contributed by atoms with Crippen molar-refractivity contribution in [1.29, 1.82) is 0 Å². The van der Waals surface area contributed by atoms with Gasteiger partial charge in [0.25, 0.3) is 5.91 Å². The Bertz CT molecular complexity index is 667. The number of nitrogens with two attached hydrogens (primary N) is 1. The van der Waals surface area contributed by atoms with Crippen LogP contribution < -0.4 is 11.1 Å². The summed E-state index contributed by atoms with van der Waals surface area (Å²) in [6.45, 7) is 2.73. The van der Waals surface area contributed by atoms with Crippen LogP contribution in [0.5, 0.6) is 0 Å². The van der Waals surface area contributed by atoms with E-state index in [1.165, 1.54) is 0 Å². The first-order valence-electron chi connectivity index (χ1n) is 6.17. The molecule has 3 N–H and O–H groups in total. The van der Waals surface area contributed by atoms with Gasteiger partial charge in [0.1, 0.15) is 5.01 Å². The van der Waals surface area contributed by atoms with Crippen LogP contribution in [-0.2, 0) is 6.54 Å². The molecule has 2 aromatic rings. The molecule has 1 aromatic carbocycles. The van der Waals surface area contributed by atoms with Crippen molar-refractivity contribution in [3.8, 4) is 11.8 Å². The second-order valence-electron chi connectivity index (χ2n) is 4.13. The van der Waals surface area contributed by atoms with E-state index in [0.29, 0.717) is 18.7 Å². The molecule has 0 fully saturated rings.